The Morgan fingerprint density at radius 2 is 1.75 bits per heavy atom. The van der Waals surface area contributed by atoms with Crippen LogP contribution in [0.5, 0.6) is 0 Å². The lowest BCUT2D eigenvalue weighted by Crippen LogP contribution is -2.37. The third-order valence-electron chi connectivity index (χ3n) is 4.42. The highest BCUT2D eigenvalue weighted by atomic mass is 32.2. The molecule has 0 radical (unpaired) electrons. The summed E-state index contributed by atoms with van der Waals surface area (Å²) in [7, 11) is -3.82. The van der Waals surface area contributed by atoms with Crippen molar-refractivity contribution in [2.45, 2.75) is 6.54 Å². The number of aromatic nitrogens is 1. The first-order valence-electron chi connectivity index (χ1n) is 9.53. The van der Waals surface area contributed by atoms with Crippen LogP contribution in [0.4, 0.5) is 15.8 Å². The molecule has 1 aromatic heterocycles. The maximum Gasteiger partial charge on any atom is 0.253 e. The third kappa shape index (κ3) is 6.11. The van der Waals surface area contributed by atoms with E-state index in [0.717, 1.165) is 28.3 Å². The lowest BCUT2D eigenvalue weighted by Gasteiger charge is -2.22. The van der Waals surface area contributed by atoms with E-state index < -0.39 is 34.2 Å². The van der Waals surface area contributed by atoms with E-state index in [4.69, 9.17) is 0 Å². The molecule has 2 amide bonds. The number of amides is 2. The van der Waals surface area contributed by atoms with Gasteiger partial charge in [0, 0.05) is 18.9 Å². The SMILES string of the molecule is CS(=O)(=O)N(CC(=O)Nc1ccccc1C(=O)NCc1cccnc1)c1ccc(F)cc1. The van der Waals surface area contributed by atoms with E-state index in [2.05, 4.69) is 15.6 Å². The number of anilines is 2. The lowest BCUT2D eigenvalue weighted by molar-refractivity contribution is -0.114. The standard InChI is InChI=1S/C22H21FN4O4S/c1-32(30,31)27(18-10-8-17(23)9-11-18)15-21(28)26-20-7-3-2-6-19(20)22(29)25-14-16-5-4-12-24-13-16/h2-13H,14-15H2,1H3,(H,25,29)(H,26,28). The van der Waals surface area contributed by atoms with Gasteiger partial charge in [0.15, 0.2) is 0 Å². The van der Waals surface area contributed by atoms with E-state index in [0.29, 0.717) is 0 Å². The predicted molar refractivity (Wildman–Crippen MR) is 119 cm³/mol. The fraction of sp³-hybridized carbons (Fsp3) is 0.136. The van der Waals surface area contributed by atoms with Crippen LogP contribution in [-0.2, 0) is 21.4 Å². The Kier molecular flexibility index (Phi) is 7.16. The molecule has 0 atom stereocenters. The summed E-state index contributed by atoms with van der Waals surface area (Å²) in [6.07, 6.45) is 4.20. The summed E-state index contributed by atoms with van der Waals surface area (Å²) >= 11 is 0. The highest BCUT2D eigenvalue weighted by Crippen LogP contribution is 2.19. The maximum atomic E-state index is 13.2. The lowest BCUT2D eigenvalue weighted by atomic mass is 10.1. The van der Waals surface area contributed by atoms with Crippen LogP contribution in [0.1, 0.15) is 15.9 Å². The molecule has 3 rings (SSSR count). The van der Waals surface area contributed by atoms with Crippen molar-refractivity contribution in [3.8, 4) is 0 Å². The quantitative estimate of drug-likeness (QED) is 0.542. The Hall–Kier alpha value is -3.79. The van der Waals surface area contributed by atoms with Crippen molar-refractivity contribution in [2.24, 2.45) is 0 Å². The van der Waals surface area contributed by atoms with Gasteiger partial charge in [-0.3, -0.25) is 18.9 Å². The molecule has 2 aromatic carbocycles. The zero-order chi connectivity index (χ0) is 23.1. The van der Waals surface area contributed by atoms with Gasteiger partial charge in [-0.05, 0) is 48.0 Å². The van der Waals surface area contributed by atoms with Crippen LogP contribution in [0, 0.1) is 5.82 Å². The summed E-state index contributed by atoms with van der Waals surface area (Å²) < 4.78 is 38.4. The molecular weight excluding hydrogens is 435 g/mol. The number of rotatable bonds is 8. The first-order valence-corrected chi connectivity index (χ1v) is 11.4. The molecule has 0 unspecified atom stereocenters. The maximum absolute atomic E-state index is 13.2. The van der Waals surface area contributed by atoms with Crippen molar-refractivity contribution >= 4 is 33.2 Å². The summed E-state index contributed by atoms with van der Waals surface area (Å²) in [5.74, 6) is -1.60. The first kappa shape index (κ1) is 22.9. The van der Waals surface area contributed by atoms with E-state index in [-0.39, 0.29) is 23.5 Å². The van der Waals surface area contributed by atoms with Gasteiger partial charge in [0.25, 0.3) is 5.91 Å². The van der Waals surface area contributed by atoms with Crippen LogP contribution < -0.4 is 14.9 Å². The van der Waals surface area contributed by atoms with E-state index in [1.54, 1.807) is 42.7 Å². The number of sulfonamides is 1. The predicted octanol–water partition coefficient (Wildman–Crippen LogP) is 2.56. The summed E-state index contributed by atoms with van der Waals surface area (Å²) in [5, 5.41) is 5.33. The monoisotopic (exact) mass is 456 g/mol. The average molecular weight is 456 g/mol. The van der Waals surface area contributed by atoms with Crippen molar-refractivity contribution < 1.29 is 22.4 Å². The van der Waals surface area contributed by atoms with Crippen molar-refractivity contribution in [1.82, 2.24) is 10.3 Å². The minimum Gasteiger partial charge on any atom is -0.348 e. The molecule has 10 heteroatoms. The summed E-state index contributed by atoms with van der Waals surface area (Å²) in [6.45, 7) is -0.294. The largest absolute Gasteiger partial charge is 0.348 e. The van der Waals surface area contributed by atoms with Crippen molar-refractivity contribution in [1.29, 1.82) is 0 Å². The molecule has 0 saturated heterocycles. The molecule has 0 saturated carbocycles. The minimum atomic E-state index is -3.82. The Labute approximate surface area is 185 Å². The molecule has 0 aliphatic heterocycles. The summed E-state index contributed by atoms with van der Waals surface area (Å²) in [5.41, 5.74) is 1.41. The number of nitrogens with one attached hydrogen (secondary N) is 2. The normalized spacial score (nSPS) is 10.9. The van der Waals surface area contributed by atoms with Crippen LogP contribution in [0.3, 0.4) is 0 Å². The number of carbonyl (C=O) groups excluding carboxylic acids is 2. The number of hydrogen-bond donors (Lipinski definition) is 2. The molecule has 0 bridgehead atoms. The topological polar surface area (TPSA) is 108 Å². The van der Waals surface area contributed by atoms with Crippen LogP contribution in [-0.4, -0.2) is 38.0 Å². The molecule has 8 nitrogen and oxygen atoms in total. The number of benzene rings is 2. The van der Waals surface area contributed by atoms with Gasteiger partial charge in [-0.15, -0.1) is 0 Å². The summed E-state index contributed by atoms with van der Waals surface area (Å²) in [4.78, 5) is 29.2. The molecule has 0 fully saturated rings. The smallest absolute Gasteiger partial charge is 0.253 e. The first-order chi connectivity index (χ1) is 15.2. The second-order valence-electron chi connectivity index (χ2n) is 6.88. The van der Waals surface area contributed by atoms with Gasteiger partial charge in [0.1, 0.15) is 12.4 Å². The van der Waals surface area contributed by atoms with Crippen molar-refractivity contribution in [3.05, 3.63) is 90.0 Å². The highest BCUT2D eigenvalue weighted by Gasteiger charge is 2.22. The Morgan fingerprint density at radius 1 is 1.03 bits per heavy atom. The highest BCUT2D eigenvalue weighted by molar-refractivity contribution is 7.92. The van der Waals surface area contributed by atoms with E-state index >= 15 is 0 Å². The van der Waals surface area contributed by atoms with Crippen LogP contribution >= 0.6 is 0 Å². The van der Waals surface area contributed by atoms with Gasteiger partial charge in [-0.25, -0.2) is 12.8 Å². The van der Waals surface area contributed by atoms with Gasteiger partial charge in [0.05, 0.1) is 23.2 Å². The van der Waals surface area contributed by atoms with Crippen LogP contribution in [0.15, 0.2) is 73.1 Å². The summed E-state index contributed by atoms with van der Waals surface area (Å²) in [6, 6.07) is 14.7. The van der Waals surface area contributed by atoms with E-state index in [9.17, 15) is 22.4 Å². The molecule has 3 aromatic rings. The van der Waals surface area contributed by atoms with Gasteiger partial charge in [0.2, 0.25) is 15.9 Å². The van der Waals surface area contributed by atoms with E-state index in [1.807, 2.05) is 6.07 Å². The van der Waals surface area contributed by atoms with Crippen LogP contribution in [0.25, 0.3) is 0 Å². The van der Waals surface area contributed by atoms with Gasteiger partial charge in [-0.2, -0.15) is 0 Å². The fourth-order valence-corrected chi connectivity index (χ4v) is 3.75. The molecule has 2 N–H and O–H groups in total. The second-order valence-corrected chi connectivity index (χ2v) is 8.79. The molecule has 0 aliphatic rings. The van der Waals surface area contributed by atoms with Gasteiger partial charge >= 0.3 is 0 Å². The number of halogens is 1. The number of nitrogens with zero attached hydrogens (tertiary/aromatic N) is 2. The molecule has 1 heterocycles. The Morgan fingerprint density at radius 3 is 2.41 bits per heavy atom. The van der Waals surface area contributed by atoms with Crippen molar-refractivity contribution in [2.75, 3.05) is 22.4 Å². The number of para-hydroxylation sites is 1. The number of hydrogen-bond acceptors (Lipinski definition) is 5. The van der Waals surface area contributed by atoms with Gasteiger partial charge < -0.3 is 10.6 Å². The number of pyridine rings is 1. The minimum absolute atomic E-state index is 0.145. The molecule has 0 aliphatic carbocycles. The van der Waals surface area contributed by atoms with Crippen LogP contribution in [0.2, 0.25) is 0 Å². The number of carbonyl (C=O) groups is 2. The zero-order valence-corrected chi connectivity index (χ0v) is 18.0. The average Bonchev–Trinajstić information content (AvgIpc) is 2.77. The molecule has 0 spiro atoms. The van der Waals surface area contributed by atoms with Crippen molar-refractivity contribution in [3.63, 3.8) is 0 Å². The Balaban J connectivity index is 1.73. The molecule has 32 heavy (non-hydrogen) atoms. The second kappa shape index (κ2) is 10.0. The zero-order valence-electron chi connectivity index (χ0n) is 17.2. The molecule has 166 valence electrons. The Bertz CT molecular complexity index is 1200. The fourth-order valence-electron chi connectivity index (χ4n) is 2.90. The third-order valence-corrected chi connectivity index (χ3v) is 5.56. The van der Waals surface area contributed by atoms with E-state index in [1.165, 1.54) is 12.1 Å². The van der Waals surface area contributed by atoms with Gasteiger partial charge in [-0.1, -0.05) is 18.2 Å². The molecular formula is C22H21FN4O4S.